The quantitative estimate of drug-likeness (QED) is 0.373. The normalized spacial score (nSPS) is 13.9. The monoisotopic (exact) mass is 378 g/mol. The Morgan fingerprint density at radius 2 is 1.64 bits per heavy atom. The van der Waals surface area contributed by atoms with Crippen molar-refractivity contribution in [3.63, 3.8) is 0 Å². The van der Waals surface area contributed by atoms with Crippen LogP contribution >= 0.6 is 0 Å². The molecule has 1 heterocycles. The summed E-state index contributed by atoms with van der Waals surface area (Å²) in [5.74, 6) is -2.25. The Labute approximate surface area is 158 Å². The van der Waals surface area contributed by atoms with Gasteiger partial charge in [-0.15, -0.1) is 0 Å². The van der Waals surface area contributed by atoms with E-state index in [0.717, 1.165) is 6.07 Å². The standard InChI is InChI=1S/C22H12F2O4/c23-17-7-3-1-5-13(17)11-20-21(25)16-10-9-14(12-19(16)28-20)27-22(26)15-6-2-4-8-18(15)24/h1-12H/b20-11-. The van der Waals surface area contributed by atoms with Crippen molar-refractivity contribution in [2.24, 2.45) is 0 Å². The van der Waals surface area contributed by atoms with Crippen molar-refractivity contribution in [1.29, 1.82) is 0 Å². The van der Waals surface area contributed by atoms with E-state index in [2.05, 4.69) is 0 Å². The molecule has 0 N–H and O–H groups in total. The minimum atomic E-state index is -0.871. The molecule has 138 valence electrons. The lowest BCUT2D eigenvalue weighted by molar-refractivity contribution is 0.0729. The van der Waals surface area contributed by atoms with Crippen molar-refractivity contribution in [2.45, 2.75) is 0 Å². The van der Waals surface area contributed by atoms with Gasteiger partial charge in [0.2, 0.25) is 5.78 Å². The second-order valence-electron chi connectivity index (χ2n) is 5.99. The number of ketones is 1. The highest BCUT2D eigenvalue weighted by Crippen LogP contribution is 2.35. The Balaban J connectivity index is 1.58. The number of esters is 1. The maximum Gasteiger partial charge on any atom is 0.346 e. The van der Waals surface area contributed by atoms with E-state index >= 15 is 0 Å². The average Bonchev–Trinajstić information content (AvgIpc) is 2.99. The smallest absolute Gasteiger partial charge is 0.346 e. The van der Waals surface area contributed by atoms with Crippen LogP contribution in [0.2, 0.25) is 0 Å². The van der Waals surface area contributed by atoms with E-state index in [1.165, 1.54) is 54.6 Å². The molecule has 1 aliphatic heterocycles. The Hall–Kier alpha value is -3.80. The predicted octanol–water partition coefficient (Wildman–Crippen LogP) is 4.80. The SMILES string of the molecule is O=C(Oc1ccc2c(c1)O/C(=C\c1ccccc1F)C2=O)c1ccccc1F. The first-order valence-corrected chi connectivity index (χ1v) is 8.32. The minimum Gasteiger partial charge on any atom is -0.452 e. The molecule has 0 spiro atoms. The van der Waals surface area contributed by atoms with Gasteiger partial charge in [-0.3, -0.25) is 4.79 Å². The Bertz CT molecular complexity index is 1130. The molecule has 0 saturated heterocycles. The summed E-state index contributed by atoms with van der Waals surface area (Å²) in [5.41, 5.74) is 0.262. The summed E-state index contributed by atoms with van der Waals surface area (Å²) in [6.45, 7) is 0. The molecular weight excluding hydrogens is 366 g/mol. The van der Waals surface area contributed by atoms with E-state index < -0.39 is 23.4 Å². The largest absolute Gasteiger partial charge is 0.452 e. The molecule has 0 aromatic heterocycles. The second kappa shape index (κ2) is 7.08. The van der Waals surface area contributed by atoms with Crippen molar-refractivity contribution >= 4 is 17.8 Å². The average molecular weight is 378 g/mol. The lowest BCUT2D eigenvalue weighted by Crippen LogP contribution is -2.10. The first-order valence-electron chi connectivity index (χ1n) is 8.32. The molecule has 0 atom stereocenters. The summed E-state index contributed by atoms with van der Waals surface area (Å²) < 4.78 is 38.2. The molecule has 0 saturated carbocycles. The molecule has 0 aliphatic carbocycles. The number of halogens is 2. The number of fused-ring (bicyclic) bond motifs is 1. The van der Waals surface area contributed by atoms with Crippen LogP contribution < -0.4 is 9.47 Å². The third kappa shape index (κ3) is 3.27. The molecule has 6 heteroatoms. The highest BCUT2D eigenvalue weighted by atomic mass is 19.1. The molecule has 3 aromatic rings. The molecule has 0 unspecified atom stereocenters. The zero-order valence-electron chi connectivity index (χ0n) is 14.3. The van der Waals surface area contributed by atoms with Crippen LogP contribution in [0.25, 0.3) is 6.08 Å². The molecule has 4 nitrogen and oxygen atoms in total. The lowest BCUT2D eigenvalue weighted by Gasteiger charge is -2.06. The van der Waals surface area contributed by atoms with Gasteiger partial charge in [0.15, 0.2) is 5.76 Å². The van der Waals surface area contributed by atoms with Gasteiger partial charge in [-0.25, -0.2) is 13.6 Å². The minimum absolute atomic E-state index is 0.0438. The number of hydrogen-bond acceptors (Lipinski definition) is 4. The number of rotatable bonds is 3. The molecule has 0 radical (unpaired) electrons. The number of Topliss-reactive ketones (excluding diaryl/α,β-unsaturated/α-hetero) is 1. The van der Waals surface area contributed by atoms with Gasteiger partial charge in [-0.2, -0.15) is 0 Å². The Kier molecular flexibility index (Phi) is 4.45. The first kappa shape index (κ1) is 17.6. The fourth-order valence-electron chi connectivity index (χ4n) is 2.75. The number of ether oxygens (including phenoxy) is 2. The zero-order valence-corrected chi connectivity index (χ0v) is 14.3. The molecule has 4 rings (SSSR count). The van der Waals surface area contributed by atoms with Gasteiger partial charge in [-0.1, -0.05) is 30.3 Å². The molecule has 1 aliphatic rings. The highest BCUT2D eigenvalue weighted by Gasteiger charge is 2.28. The third-order valence-corrected chi connectivity index (χ3v) is 4.14. The molecule has 0 amide bonds. The van der Waals surface area contributed by atoms with E-state index in [1.807, 2.05) is 0 Å². The van der Waals surface area contributed by atoms with E-state index in [-0.39, 0.29) is 33.9 Å². The van der Waals surface area contributed by atoms with Gasteiger partial charge in [0, 0.05) is 11.6 Å². The van der Waals surface area contributed by atoms with Crippen LogP contribution in [0, 0.1) is 11.6 Å². The fourth-order valence-corrected chi connectivity index (χ4v) is 2.75. The maximum absolute atomic E-state index is 13.8. The zero-order chi connectivity index (χ0) is 19.7. The second-order valence-corrected chi connectivity index (χ2v) is 5.99. The summed E-state index contributed by atoms with van der Waals surface area (Å²) >= 11 is 0. The van der Waals surface area contributed by atoms with Gasteiger partial charge in [0.05, 0.1) is 11.1 Å². The first-order chi connectivity index (χ1) is 13.5. The van der Waals surface area contributed by atoms with Crippen molar-refractivity contribution in [3.8, 4) is 11.5 Å². The van der Waals surface area contributed by atoms with Gasteiger partial charge >= 0.3 is 5.97 Å². The molecule has 3 aromatic carbocycles. The van der Waals surface area contributed by atoms with E-state index in [1.54, 1.807) is 12.1 Å². The van der Waals surface area contributed by atoms with Crippen LogP contribution in [0.5, 0.6) is 11.5 Å². The van der Waals surface area contributed by atoms with Gasteiger partial charge in [0.25, 0.3) is 0 Å². The van der Waals surface area contributed by atoms with E-state index in [0.29, 0.717) is 0 Å². The van der Waals surface area contributed by atoms with Crippen LogP contribution in [0.15, 0.2) is 72.5 Å². The summed E-state index contributed by atoms with van der Waals surface area (Å²) in [6, 6.07) is 15.6. The van der Waals surface area contributed by atoms with Crippen LogP contribution in [-0.2, 0) is 0 Å². The number of carbonyl (C=O) groups excluding carboxylic acids is 2. The molecular formula is C22H12F2O4. The number of carbonyl (C=O) groups is 2. The summed E-state index contributed by atoms with van der Waals surface area (Å²) in [4.78, 5) is 24.6. The fraction of sp³-hybridized carbons (Fsp3) is 0. The number of hydrogen-bond donors (Lipinski definition) is 0. The van der Waals surface area contributed by atoms with E-state index in [9.17, 15) is 18.4 Å². The van der Waals surface area contributed by atoms with Crippen molar-refractivity contribution in [1.82, 2.24) is 0 Å². The number of allylic oxidation sites excluding steroid dienone is 1. The number of benzene rings is 3. The van der Waals surface area contributed by atoms with Gasteiger partial charge < -0.3 is 9.47 Å². The van der Waals surface area contributed by atoms with Crippen LogP contribution in [-0.4, -0.2) is 11.8 Å². The summed E-state index contributed by atoms with van der Waals surface area (Å²) in [5, 5.41) is 0. The third-order valence-electron chi connectivity index (χ3n) is 4.14. The molecule has 28 heavy (non-hydrogen) atoms. The van der Waals surface area contributed by atoms with Crippen molar-refractivity contribution < 1.29 is 27.8 Å². The lowest BCUT2D eigenvalue weighted by atomic mass is 10.1. The summed E-state index contributed by atoms with van der Waals surface area (Å²) in [6.07, 6.45) is 1.31. The summed E-state index contributed by atoms with van der Waals surface area (Å²) in [7, 11) is 0. The van der Waals surface area contributed by atoms with Crippen LogP contribution in [0.4, 0.5) is 8.78 Å². The van der Waals surface area contributed by atoms with Crippen LogP contribution in [0.1, 0.15) is 26.3 Å². The van der Waals surface area contributed by atoms with Crippen molar-refractivity contribution in [2.75, 3.05) is 0 Å². The van der Waals surface area contributed by atoms with Gasteiger partial charge in [-0.05, 0) is 36.4 Å². The predicted molar refractivity (Wildman–Crippen MR) is 97.1 cm³/mol. The van der Waals surface area contributed by atoms with Crippen molar-refractivity contribution in [3.05, 3.63) is 101 Å². The van der Waals surface area contributed by atoms with E-state index in [4.69, 9.17) is 9.47 Å². The van der Waals surface area contributed by atoms with Crippen LogP contribution in [0.3, 0.4) is 0 Å². The highest BCUT2D eigenvalue weighted by molar-refractivity contribution is 6.14. The Morgan fingerprint density at radius 1 is 0.929 bits per heavy atom. The Morgan fingerprint density at radius 3 is 2.39 bits per heavy atom. The topological polar surface area (TPSA) is 52.6 Å². The van der Waals surface area contributed by atoms with Gasteiger partial charge in [0.1, 0.15) is 23.1 Å². The maximum atomic E-state index is 13.8. The molecule has 0 fully saturated rings. The molecule has 0 bridgehead atoms.